The van der Waals surface area contributed by atoms with E-state index in [4.69, 9.17) is 40.2 Å². The number of rotatable bonds is 4. The lowest BCUT2D eigenvalue weighted by Gasteiger charge is -2.21. The van der Waals surface area contributed by atoms with E-state index in [1.54, 1.807) is 18.2 Å². The highest BCUT2D eigenvalue weighted by molar-refractivity contribution is 7.80. The molecule has 0 saturated carbocycles. The third-order valence-electron chi connectivity index (χ3n) is 2.50. The van der Waals surface area contributed by atoms with Crippen LogP contribution in [-0.4, -0.2) is 29.3 Å². The van der Waals surface area contributed by atoms with Gasteiger partial charge in [-0.3, -0.25) is 0 Å². The molecular formula is C11H11Cl2N3OS. The smallest absolute Gasteiger partial charge is 0.217 e. The van der Waals surface area contributed by atoms with Gasteiger partial charge >= 0.3 is 0 Å². The summed E-state index contributed by atoms with van der Waals surface area (Å²) in [7, 11) is 0. The van der Waals surface area contributed by atoms with E-state index in [-0.39, 0.29) is 6.17 Å². The normalized spacial score (nSPS) is 18.5. The lowest BCUT2D eigenvalue weighted by atomic mass is 10.3. The third kappa shape index (κ3) is 2.91. The number of azo groups is 1. The summed E-state index contributed by atoms with van der Waals surface area (Å²) in [5.74, 6) is 0.574. The van der Waals surface area contributed by atoms with Crippen molar-refractivity contribution in [3.05, 3.63) is 28.2 Å². The summed E-state index contributed by atoms with van der Waals surface area (Å²) in [5.41, 5.74) is 0. The molecular weight excluding hydrogens is 293 g/mol. The number of ether oxygens (including phenoxy) is 1. The van der Waals surface area contributed by atoms with Gasteiger partial charge in [0, 0.05) is 11.6 Å². The Labute approximate surface area is 121 Å². The predicted molar refractivity (Wildman–Crippen MR) is 75.6 cm³/mol. The number of nitrogens with zero attached hydrogens (tertiary/aromatic N) is 3. The van der Waals surface area contributed by atoms with Gasteiger partial charge in [-0.2, -0.15) is 5.11 Å². The van der Waals surface area contributed by atoms with Crippen LogP contribution in [0.5, 0.6) is 5.75 Å². The molecule has 0 spiro atoms. The van der Waals surface area contributed by atoms with E-state index in [0.29, 0.717) is 27.5 Å². The van der Waals surface area contributed by atoms with Gasteiger partial charge in [-0.15, -0.1) is 5.11 Å². The predicted octanol–water partition coefficient (Wildman–Crippen LogP) is 3.77. The summed E-state index contributed by atoms with van der Waals surface area (Å²) in [5, 5.41) is 9.46. The number of benzene rings is 1. The highest BCUT2D eigenvalue weighted by atomic mass is 35.5. The minimum absolute atomic E-state index is 0.186. The fourth-order valence-electron chi connectivity index (χ4n) is 1.59. The van der Waals surface area contributed by atoms with E-state index >= 15 is 0 Å². The van der Waals surface area contributed by atoms with Gasteiger partial charge in [0.05, 0.1) is 5.02 Å². The monoisotopic (exact) mass is 303 g/mol. The maximum Gasteiger partial charge on any atom is 0.217 e. The van der Waals surface area contributed by atoms with E-state index in [0.717, 1.165) is 6.54 Å². The van der Waals surface area contributed by atoms with E-state index in [2.05, 4.69) is 10.2 Å². The Bertz CT molecular complexity index is 495. The fraction of sp³-hybridized carbons (Fsp3) is 0.364. The van der Waals surface area contributed by atoms with E-state index in [9.17, 15) is 0 Å². The molecule has 1 heterocycles. The van der Waals surface area contributed by atoms with Crippen LogP contribution in [0.1, 0.15) is 6.92 Å². The Hall–Kier alpha value is -0.910. The first-order chi connectivity index (χ1) is 8.61. The van der Waals surface area contributed by atoms with Crippen LogP contribution in [0.3, 0.4) is 0 Å². The SMILES string of the molecule is CCN1C(=S)N=NC1COc1ccc(Cl)cc1Cl. The topological polar surface area (TPSA) is 37.2 Å². The summed E-state index contributed by atoms with van der Waals surface area (Å²) in [4.78, 5) is 1.89. The summed E-state index contributed by atoms with van der Waals surface area (Å²) >= 11 is 16.9. The number of likely N-dealkylation sites (N-methyl/N-ethyl adjacent to an activating group) is 1. The van der Waals surface area contributed by atoms with Gasteiger partial charge in [0.15, 0.2) is 6.17 Å². The minimum Gasteiger partial charge on any atom is -0.488 e. The molecule has 0 amide bonds. The first-order valence-corrected chi connectivity index (χ1v) is 6.57. The zero-order valence-corrected chi connectivity index (χ0v) is 12.0. The van der Waals surface area contributed by atoms with Crippen LogP contribution in [-0.2, 0) is 0 Å². The molecule has 0 aliphatic carbocycles. The second-order valence-electron chi connectivity index (χ2n) is 3.65. The van der Waals surface area contributed by atoms with Crippen molar-refractivity contribution in [1.29, 1.82) is 0 Å². The van der Waals surface area contributed by atoms with Gasteiger partial charge in [-0.25, -0.2) is 0 Å². The van der Waals surface area contributed by atoms with Crippen LogP contribution in [0.4, 0.5) is 0 Å². The second-order valence-corrected chi connectivity index (χ2v) is 4.86. The van der Waals surface area contributed by atoms with Crippen LogP contribution >= 0.6 is 35.4 Å². The lowest BCUT2D eigenvalue weighted by molar-refractivity contribution is 0.215. The van der Waals surface area contributed by atoms with Crippen molar-refractivity contribution in [3.63, 3.8) is 0 Å². The average molecular weight is 304 g/mol. The quantitative estimate of drug-likeness (QED) is 0.795. The molecule has 7 heteroatoms. The van der Waals surface area contributed by atoms with Crippen molar-refractivity contribution >= 4 is 40.5 Å². The molecule has 1 aliphatic rings. The highest BCUT2D eigenvalue weighted by Gasteiger charge is 2.25. The molecule has 0 radical (unpaired) electrons. The largest absolute Gasteiger partial charge is 0.488 e. The molecule has 0 N–H and O–H groups in total. The molecule has 1 atom stereocenters. The standard InChI is InChI=1S/C11H11Cl2N3OS/c1-2-16-10(14-15-11(16)18)6-17-9-4-3-7(12)5-8(9)13/h3-5,10H,2,6H2,1H3. The highest BCUT2D eigenvalue weighted by Crippen LogP contribution is 2.28. The van der Waals surface area contributed by atoms with Crippen molar-refractivity contribution in [1.82, 2.24) is 4.90 Å². The fourth-order valence-corrected chi connectivity index (χ4v) is 2.35. The molecule has 18 heavy (non-hydrogen) atoms. The molecule has 0 aromatic heterocycles. The first kappa shape index (κ1) is 13.5. The maximum atomic E-state index is 6.01. The zero-order valence-electron chi connectivity index (χ0n) is 9.64. The number of hydrogen-bond donors (Lipinski definition) is 0. The molecule has 1 aromatic carbocycles. The Kier molecular flexibility index (Phi) is 4.37. The van der Waals surface area contributed by atoms with E-state index in [1.807, 2.05) is 11.8 Å². The molecule has 1 aliphatic heterocycles. The van der Waals surface area contributed by atoms with Gasteiger partial charge < -0.3 is 9.64 Å². The van der Waals surface area contributed by atoms with Crippen LogP contribution < -0.4 is 4.74 Å². The van der Waals surface area contributed by atoms with Gasteiger partial charge in [-0.1, -0.05) is 23.2 Å². The Morgan fingerprint density at radius 1 is 1.44 bits per heavy atom. The third-order valence-corrected chi connectivity index (χ3v) is 3.35. The van der Waals surface area contributed by atoms with E-state index in [1.165, 1.54) is 0 Å². The zero-order chi connectivity index (χ0) is 13.1. The molecule has 1 aromatic rings. The van der Waals surface area contributed by atoms with Crippen LogP contribution in [0.25, 0.3) is 0 Å². The van der Waals surface area contributed by atoms with Crippen molar-refractivity contribution < 1.29 is 4.74 Å². The average Bonchev–Trinajstić information content (AvgIpc) is 2.69. The molecule has 96 valence electrons. The number of hydrogen-bond acceptors (Lipinski definition) is 3. The van der Waals surface area contributed by atoms with Gasteiger partial charge in [0.1, 0.15) is 12.4 Å². The van der Waals surface area contributed by atoms with Crippen LogP contribution in [0.2, 0.25) is 10.0 Å². The van der Waals surface area contributed by atoms with Crippen molar-refractivity contribution in [2.24, 2.45) is 10.2 Å². The number of thiocarbonyl (C=S) groups is 1. The maximum absolute atomic E-state index is 6.01. The molecule has 1 unspecified atom stereocenters. The summed E-state index contributed by atoms with van der Waals surface area (Å²) < 4.78 is 5.61. The van der Waals surface area contributed by atoms with Crippen molar-refractivity contribution in [3.8, 4) is 5.75 Å². The van der Waals surface area contributed by atoms with Crippen LogP contribution in [0, 0.1) is 0 Å². The van der Waals surface area contributed by atoms with Gasteiger partial charge in [-0.05, 0) is 37.3 Å². The molecule has 0 bridgehead atoms. The summed E-state index contributed by atoms with van der Waals surface area (Å²) in [6.45, 7) is 3.08. The molecule has 2 rings (SSSR count). The van der Waals surface area contributed by atoms with Crippen molar-refractivity contribution in [2.75, 3.05) is 13.2 Å². The molecule has 0 fully saturated rings. The first-order valence-electron chi connectivity index (χ1n) is 5.41. The summed E-state index contributed by atoms with van der Waals surface area (Å²) in [6.07, 6.45) is -0.186. The van der Waals surface area contributed by atoms with Gasteiger partial charge in [0.25, 0.3) is 0 Å². The molecule has 4 nitrogen and oxygen atoms in total. The lowest BCUT2D eigenvalue weighted by Crippen LogP contribution is -2.36. The second kappa shape index (κ2) is 5.82. The Balaban J connectivity index is 1.99. The van der Waals surface area contributed by atoms with Crippen LogP contribution in [0.15, 0.2) is 28.4 Å². The molecule has 0 saturated heterocycles. The van der Waals surface area contributed by atoms with Crippen molar-refractivity contribution in [2.45, 2.75) is 13.1 Å². The Morgan fingerprint density at radius 2 is 2.22 bits per heavy atom. The Morgan fingerprint density at radius 3 is 2.89 bits per heavy atom. The minimum atomic E-state index is -0.186. The summed E-state index contributed by atoms with van der Waals surface area (Å²) in [6, 6.07) is 5.09. The van der Waals surface area contributed by atoms with E-state index < -0.39 is 0 Å². The number of halogens is 2. The van der Waals surface area contributed by atoms with Gasteiger partial charge in [0.2, 0.25) is 5.11 Å².